The SMILES string of the molecule is COC1CCN(c2ncc[nH]c2=O)CC1. The largest absolute Gasteiger partial charge is 0.381 e. The van der Waals surface area contributed by atoms with Crippen LogP contribution in [-0.2, 0) is 4.74 Å². The summed E-state index contributed by atoms with van der Waals surface area (Å²) in [5.41, 5.74) is -0.117. The van der Waals surface area contributed by atoms with Crippen molar-refractivity contribution in [2.75, 3.05) is 25.1 Å². The zero-order valence-corrected chi connectivity index (χ0v) is 8.77. The predicted molar refractivity (Wildman–Crippen MR) is 57.1 cm³/mol. The van der Waals surface area contributed by atoms with Gasteiger partial charge in [-0.1, -0.05) is 0 Å². The lowest BCUT2D eigenvalue weighted by atomic mass is 10.1. The maximum Gasteiger partial charge on any atom is 0.290 e. The van der Waals surface area contributed by atoms with Crippen molar-refractivity contribution in [2.24, 2.45) is 0 Å². The lowest BCUT2D eigenvalue weighted by molar-refractivity contribution is 0.0817. The fourth-order valence-electron chi connectivity index (χ4n) is 1.87. The highest BCUT2D eigenvalue weighted by molar-refractivity contribution is 5.35. The number of piperidine rings is 1. The van der Waals surface area contributed by atoms with E-state index in [1.807, 2.05) is 4.90 Å². The van der Waals surface area contributed by atoms with Gasteiger partial charge in [-0.3, -0.25) is 4.79 Å². The van der Waals surface area contributed by atoms with Crippen molar-refractivity contribution in [3.05, 3.63) is 22.7 Å². The van der Waals surface area contributed by atoms with Crippen LogP contribution >= 0.6 is 0 Å². The minimum absolute atomic E-state index is 0.117. The van der Waals surface area contributed by atoms with Crippen LogP contribution in [0.4, 0.5) is 5.82 Å². The third-order valence-electron chi connectivity index (χ3n) is 2.76. The Hall–Kier alpha value is -1.36. The molecule has 0 aromatic carbocycles. The quantitative estimate of drug-likeness (QED) is 0.765. The van der Waals surface area contributed by atoms with Crippen molar-refractivity contribution in [2.45, 2.75) is 18.9 Å². The zero-order valence-electron chi connectivity index (χ0n) is 8.77. The highest BCUT2D eigenvalue weighted by atomic mass is 16.5. The number of aromatic nitrogens is 2. The lowest BCUT2D eigenvalue weighted by Crippen LogP contribution is -2.39. The maximum atomic E-state index is 11.5. The number of nitrogens with zero attached hydrogens (tertiary/aromatic N) is 2. The second kappa shape index (κ2) is 4.44. The lowest BCUT2D eigenvalue weighted by Gasteiger charge is -2.31. The van der Waals surface area contributed by atoms with E-state index in [0.29, 0.717) is 11.9 Å². The summed E-state index contributed by atoms with van der Waals surface area (Å²) < 4.78 is 5.27. The number of rotatable bonds is 2. The predicted octanol–water partition coefficient (Wildman–Crippen LogP) is 0.385. The first-order chi connectivity index (χ1) is 7.31. The van der Waals surface area contributed by atoms with Crippen molar-refractivity contribution in [3.63, 3.8) is 0 Å². The van der Waals surface area contributed by atoms with Gasteiger partial charge in [0, 0.05) is 32.6 Å². The summed E-state index contributed by atoms with van der Waals surface area (Å²) in [6.45, 7) is 1.66. The van der Waals surface area contributed by atoms with Crippen LogP contribution in [0.2, 0.25) is 0 Å². The van der Waals surface area contributed by atoms with Gasteiger partial charge in [0.25, 0.3) is 5.56 Å². The Morgan fingerprint density at radius 1 is 1.53 bits per heavy atom. The maximum absolute atomic E-state index is 11.5. The van der Waals surface area contributed by atoms with Gasteiger partial charge in [0.05, 0.1) is 6.10 Å². The van der Waals surface area contributed by atoms with Gasteiger partial charge < -0.3 is 14.6 Å². The fraction of sp³-hybridized carbons (Fsp3) is 0.600. The average molecular weight is 209 g/mol. The number of anilines is 1. The van der Waals surface area contributed by atoms with Gasteiger partial charge >= 0.3 is 0 Å². The highest BCUT2D eigenvalue weighted by Gasteiger charge is 2.20. The first kappa shape index (κ1) is 10.2. The van der Waals surface area contributed by atoms with E-state index in [2.05, 4.69) is 9.97 Å². The van der Waals surface area contributed by atoms with Crippen LogP contribution < -0.4 is 10.5 Å². The molecule has 1 aromatic rings. The molecule has 1 saturated heterocycles. The summed E-state index contributed by atoms with van der Waals surface area (Å²) in [6, 6.07) is 0. The molecule has 1 fully saturated rings. The number of methoxy groups -OCH3 is 1. The molecule has 0 atom stereocenters. The Labute approximate surface area is 88.1 Å². The first-order valence-electron chi connectivity index (χ1n) is 5.12. The van der Waals surface area contributed by atoms with Gasteiger partial charge in [-0.15, -0.1) is 0 Å². The molecule has 82 valence electrons. The summed E-state index contributed by atoms with van der Waals surface area (Å²) in [5.74, 6) is 0.520. The summed E-state index contributed by atoms with van der Waals surface area (Å²) in [7, 11) is 1.73. The Morgan fingerprint density at radius 3 is 2.87 bits per heavy atom. The molecular weight excluding hydrogens is 194 g/mol. The molecule has 5 nitrogen and oxygen atoms in total. The normalized spacial score (nSPS) is 18.1. The fourth-order valence-corrected chi connectivity index (χ4v) is 1.87. The van der Waals surface area contributed by atoms with Gasteiger partial charge in [0.1, 0.15) is 0 Å². The van der Waals surface area contributed by atoms with Gasteiger partial charge in [-0.05, 0) is 12.8 Å². The van der Waals surface area contributed by atoms with Crippen LogP contribution in [0.5, 0.6) is 0 Å². The first-order valence-corrected chi connectivity index (χ1v) is 5.12. The molecule has 0 unspecified atom stereocenters. The molecule has 0 aliphatic carbocycles. The van der Waals surface area contributed by atoms with E-state index in [0.717, 1.165) is 25.9 Å². The zero-order chi connectivity index (χ0) is 10.7. The molecule has 1 aliphatic heterocycles. The van der Waals surface area contributed by atoms with E-state index in [1.54, 1.807) is 19.5 Å². The van der Waals surface area contributed by atoms with E-state index in [1.165, 1.54) is 0 Å². The van der Waals surface area contributed by atoms with E-state index < -0.39 is 0 Å². The number of nitrogens with one attached hydrogen (secondary N) is 1. The van der Waals surface area contributed by atoms with Crippen molar-refractivity contribution in [1.29, 1.82) is 0 Å². The summed E-state index contributed by atoms with van der Waals surface area (Å²) in [6.07, 6.45) is 5.38. The van der Waals surface area contributed by atoms with Crippen LogP contribution in [0.1, 0.15) is 12.8 Å². The number of aromatic amines is 1. The molecule has 0 bridgehead atoms. The minimum atomic E-state index is -0.117. The summed E-state index contributed by atoms with van der Waals surface area (Å²) in [5, 5.41) is 0. The van der Waals surface area contributed by atoms with Crippen molar-refractivity contribution in [3.8, 4) is 0 Å². The molecule has 1 N–H and O–H groups in total. The molecule has 1 aromatic heterocycles. The summed E-state index contributed by atoms with van der Waals surface area (Å²) >= 11 is 0. The highest BCUT2D eigenvalue weighted by Crippen LogP contribution is 2.15. The van der Waals surface area contributed by atoms with Crippen molar-refractivity contribution < 1.29 is 4.74 Å². The Balaban J connectivity index is 2.08. The van der Waals surface area contributed by atoms with Crippen LogP contribution in [0.25, 0.3) is 0 Å². The molecule has 0 saturated carbocycles. The Kier molecular flexibility index (Phi) is 3.01. The average Bonchev–Trinajstić information content (AvgIpc) is 2.30. The molecule has 1 aliphatic rings. The van der Waals surface area contributed by atoms with Crippen molar-refractivity contribution in [1.82, 2.24) is 9.97 Å². The molecule has 2 heterocycles. The van der Waals surface area contributed by atoms with Gasteiger partial charge in [0.15, 0.2) is 5.82 Å². The topological polar surface area (TPSA) is 58.2 Å². The monoisotopic (exact) mass is 209 g/mol. The molecule has 0 amide bonds. The third-order valence-corrected chi connectivity index (χ3v) is 2.76. The Morgan fingerprint density at radius 2 is 2.27 bits per heavy atom. The van der Waals surface area contributed by atoms with E-state index >= 15 is 0 Å². The number of H-pyrrole nitrogens is 1. The minimum Gasteiger partial charge on any atom is -0.381 e. The molecule has 15 heavy (non-hydrogen) atoms. The van der Waals surface area contributed by atoms with Gasteiger partial charge in [-0.25, -0.2) is 4.98 Å². The number of hydrogen-bond donors (Lipinski definition) is 1. The van der Waals surface area contributed by atoms with Crippen LogP contribution in [0.3, 0.4) is 0 Å². The second-order valence-electron chi connectivity index (χ2n) is 3.66. The molecule has 0 spiro atoms. The molecular formula is C10H15N3O2. The van der Waals surface area contributed by atoms with Crippen molar-refractivity contribution >= 4 is 5.82 Å². The van der Waals surface area contributed by atoms with Crippen LogP contribution in [0, 0.1) is 0 Å². The van der Waals surface area contributed by atoms with E-state index in [4.69, 9.17) is 4.74 Å². The van der Waals surface area contributed by atoms with E-state index in [-0.39, 0.29) is 5.56 Å². The number of hydrogen-bond acceptors (Lipinski definition) is 4. The third kappa shape index (κ3) is 2.18. The van der Waals surface area contributed by atoms with E-state index in [9.17, 15) is 4.79 Å². The standard InChI is InChI=1S/C10H15N3O2/c1-15-8-2-6-13(7-3-8)9-10(14)12-5-4-11-9/h4-5,8H,2-3,6-7H2,1H3,(H,12,14). The van der Waals surface area contributed by atoms with Crippen LogP contribution in [0.15, 0.2) is 17.2 Å². The Bertz CT molecular complexity index is 369. The second-order valence-corrected chi connectivity index (χ2v) is 3.66. The van der Waals surface area contributed by atoms with Gasteiger partial charge in [0.2, 0.25) is 0 Å². The smallest absolute Gasteiger partial charge is 0.290 e. The summed E-state index contributed by atoms with van der Waals surface area (Å²) in [4.78, 5) is 20.2. The van der Waals surface area contributed by atoms with Gasteiger partial charge in [-0.2, -0.15) is 0 Å². The molecule has 5 heteroatoms. The number of ether oxygens (including phenoxy) is 1. The molecule has 0 radical (unpaired) electrons. The van der Waals surface area contributed by atoms with Crippen LogP contribution in [-0.4, -0.2) is 36.3 Å². The molecule has 2 rings (SSSR count).